The predicted octanol–water partition coefficient (Wildman–Crippen LogP) is 1.66. The number of nitrogens with two attached hydrogens (primary N) is 2. The van der Waals surface area contributed by atoms with E-state index in [-0.39, 0.29) is 5.95 Å². The van der Waals surface area contributed by atoms with E-state index in [1.54, 1.807) is 11.8 Å². The number of nitrogens with zero attached hydrogens (tertiary/aromatic N) is 3. The van der Waals surface area contributed by atoms with E-state index in [2.05, 4.69) is 19.9 Å². The summed E-state index contributed by atoms with van der Waals surface area (Å²) in [6.45, 7) is 0. The van der Waals surface area contributed by atoms with Gasteiger partial charge in [-0.25, -0.2) is 4.98 Å². The van der Waals surface area contributed by atoms with Crippen molar-refractivity contribution in [3.05, 3.63) is 0 Å². The second-order valence-corrected chi connectivity index (χ2v) is 6.45. The van der Waals surface area contributed by atoms with Gasteiger partial charge in [0.15, 0.2) is 16.6 Å². The smallest absolute Gasteiger partial charge is 0.224 e. The van der Waals surface area contributed by atoms with Gasteiger partial charge in [-0.15, -0.1) is 0 Å². The Kier molecular flexibility index (Phi) is 2.38. The molecule has 2 aromatic heterocycles. The number of aromatic amines is 1. The van der Waals surface area contributed by atoms with Gasteiger partial charge in [-0.1, -0.05) is 18.2 Å². The zero-order chi connectivity index (χ0) is 13.0. The highest BCUT2D eigenvalue weighted by atomic mass is 32.2. The first-order chi connectivity index (χ1) is 9.22. The molecule has 2 saturated carbocycles. The average molecular weight is 276 g/mol. The van der Waals surface area contributed by atoms with Crippen molar-refractivity contribution < 1.29 is 0 Å². The topological polar surface area (TPSA) is 106 Å². The van der Waals surface area contributed by atoms with Crippen LogP contribution in [0, 0.1) is 17.8 Å². The van der Waals surface area contributed by atoms with E-state index in [1.807, 2.05) is 0 Å². The standard InChI is InChI=1S/C12H16N6S/c13-9-8-10(17-11(14)16-9)18-12(15-8)19-4-7-5-2-1-3-6(5)7/h5-7H,1-4H2,(H5,13,14,15,16,17,18). The van der Waals surface area contributed by atoms with Gasteiger partial charge in [0.2, 0.25) is 5.95 Å². The third kappa shape index (κ3) is 1.83. The molecule has 2 heterocycles. The molecule has 100 valence electrons. The molecule has 2 atom stereocenters. The van der Waals surface area contributed by atoms with E-state index in [0.29, 0.717) is 17.0 Å². The van der Waals surface area contributed by atoms with Crippen molar-refractivity contribution in [1.82, 2.24) is 19.9 Å². The van der Waals surface area contributed by atoms with E-state index in [0.717, 1.165) is 28.7 Å². The lowest BCUT2D eigenvalue weighted by atomic mass is 10.2. The first kappa shape index (κ1) is 11.3. The maximum absolute atomic E-state index is 5.80. The maximum atomic E-state index is 5.80. The zero-order valence-electron chi connectivity index (χ0n) is 10.5. The highest BCUT2D eigenvalue weighted by Crippen LogP contribution is 2.58. The zero-order valence-corrected chi connectivity index (χ0v) is 11.3. The minimum absolute atomic E-state index is 0.171. The van der Waals surface area contributed by atoms with Crippen molar-refractivity contribution in [2.24, 2.45) is 17.8 Å². The van der Waals surface area contributed by atoms with Crippen LogP contribution in [0.5, 0.6) is 0 Å². The van der Waals surface area contributed by atoms with Crippen LogP contribution in [0.4, 0.5) is 11.8 Å². The van der Waals surface area contributed by atoms with Gasteiger partial charge in [-0.05, 0) is 30.6 Å². The number of fused-ring (bicyclic) bond motifs is 2. The molecule has 0 bridgehead atoms. The van der Waals surface area contributed by atoms with Crippen LogP contribution in [0.2, 0.25) is 0 Å². The molecular formula is C12H16N6S. The second kappa shape index (κ2) is 4.00. The lowest BCUT2D eigenvalue weighted by molar-refractivity contribution is 0.634. The summed E-state index contributed by atoms with van der Waals surface area (Å²) in [5.41, 5.74) is 12.6. The van der Waals surface area contributed by atoms with Crippen LogP contribution in [-0.4, -0.2) is 25.7 Å². The molecular weight excluding hydrogens is 260 g/mol. The molecule has 2 aliphatic carbocycles. The molecule has 0 saturated heterocycles. The molecule has 2 fully saturated rings. The van der Waals surface area contributed by atoms with Crippen molar-refractivity contribution in [1.29, 1.82) is 0 Å². The minimum Gasteiger partial charge on any atom is -0.382 e. The highest BCUT2D eigenvalue weighted by Gasteiger charge is 2.51. The Morgan fingerprint density at radius 3 is 2.74 bits per heavy atom. The molecule has 2 aromatic rings. The van der Waals surface area contributed by atoms with E-state index in [4.69, 9.17) is 11.5 Å². The van der Waals surface area contributed by atoms with Crippen LogP contribution in [0.1, 0.15) is 19.3 Å². The molecule has 19 heavy (non-hydrogen) atoms. The molecule has 0 aliphatic heterocycles. The van der Waals surface area contributed by atoms with Gasteiger partial charge in [0.25, 0.3) is 0 Å². The lowest BCUT2D eigenvalue weighted by Crippen LogP contribution is -1.99. The fraction of sp³-hybridized carbons (Fsp3) is 0.583. The fourth-order valence-electron chi connectivity index (χ4n) is 3.38. The van der Waals surface area contributed by atoms with Gasteiger partial charge in [0.1, 0.15) is 5.52 Å². The SMILES string of the molecule is Nc1nc(N)c2[nH]c(SCC3C4CCCC43)nc2n1. The molecule has 6 nitrogen and oxygen atoms in total. The van der Waals surface area contributed by atoms with Crippen LogP contribution in [0.3, 0.4) is 0 Å². The van der Waals surface area contributed by atoms with Gasteiger partial charge < -0.3 is 16.5 Å². The Bertz CT molecular complexity index is 628. The van der Waals surface area contributed by atoms with Gasteiger partial charge in [0.05, 0.1) is 0 Å². The molecule has 2 aliphatic rings. The normalized spacial score (nSPS) is 28.7. The number of rotatable bonds is 3. The largest absolute Gasteiger partial charge is 0.382 e. The van der Waals surface area contributed by atoms with Crippen LogP contribution in [-0.2, 0) is 0 Å². The van der Waals surface area contributed by atoms with E-state index < -0.39 is 0 Å². The number of nitrogens with one attached hydrogen (secondary N) is 1. The number of hydrogen-bond donors (Lipinski definition) is 3. The summed E-state index contributed by atoms with van der Waals surface area (Å²) in [6.07, 6.45) is 4.27. The van der Waals surface area contributed by atoms with Crippen molar-refractivity contribution >= 4 is 34.7 Å². The summed E-state index contributed by atoms with van der Waals surface area (Å²) in [7, 11) is 0. The van der Waals surface area contributed by atoms with Crippen molar-refractivity contribution in [3.63, 3.8) is 0 Å². The van der Waals surface area contributed by atoms with Crippen LogP contribution < -0.4 is 11.5 Å². The minimum atomic E-state index is 0.171. The summed E-state index contributed by atoms with van der Waals surface area (Å²) < 4.78 is 0. The molecule has 0 radical (unpaired) electrons. The van der Waals surface area contributed by atoms with Crippen LogP contribution >= 0.6 is 11.8 Å². The molecule has 0 aromatic carbocycles. The Balaban J connectivity index is 1.51. The molecule has 5 N–H and O–H groups in total. The van der Waals surface area contributed by atoms with Crippen LogP contribution in [0.25, 0.3) is 11.2 Å². The van der Waals surface area contributed by atoms with Crippen LogP contribution in [0.15, 0.2) is 5.16 Å². The molecule has 2 unspecified atom stereocenters. The number of anilines is 2. The Labute approximate surface area is 114 Å². The summed E-state index contributed by atoms with van der Waals surface area (Å²) in [5, 5.41) is 0.867. The molecule has 7 heteroatoms. The molecule has 4 rings (SSSR count). The number of H-pyrrole nitrogens is 1. The molecule has 0 spiro atoms. The van der Waals surface area contributed by atoms with Crippen molar-refractivity contribution in [2.45, 2.75) is 24.4 Å². The number of nitrogen functional groups attached to an aromatic ring is 2. The monoisotopic (exact) mass is 276 g/mol. The summed E-state index contributed by atoms with van der Waals surface area (Å²) in [6, 6.07) is 0. The number of aromatic nitrogens is 4. The Morgan fingerprint density at radius 2 is 1.95 bits per heavy atom. The molecule has 0 amide bonds. The van der Waals surface area contributed by atoms with Gasteiger partial charge >= 0.3 is 0 Å². The summed E-state index contributed by atoms with van der Waals surface area (Å²) >= 11 is 1.76. The van der Waals surface area contributed by atoms with Gasteiger partial charge in [-0.3, -0.25) is 0 Å². The summed E-state index contributed by atoms with van der Waals surface area (Å²) in [5.74, 6) is 4.53. The van der Waals surface area contributed by atoms with Crippen molar-refractivity contribution in [3.8, 4) is 0 Å². The average Bonchev–Trinajstić information content (AvgIpc) is 2.79. The Morgan fingerprint density at radius 1 is 1.16 bits per heavy atom. The first-order valence-corrected chi connectivity index (χ1v) is 7.62. The third-order valence-electron chi connectivity index (χ3n) is 4.37. The third-order valence-corrected chi connectivity index (χ3v) is 5.39. The predicted molar refractivity (Wildman–Crippen MR) is 75.6 cm³/mol. The lowest BCUT2D eigenvalue weighted by Gasteiger charge is -2.00. The van der Waals surface area contributed by atoms with Crippen molar-refractivity contribution in [2.75, 3.05) is 17.2 Å². The highest BCUT2D eigenvalue weighted by molar-refractivity contribution is 7.99. The number of imidazole rings is 1. The first-order valence-electron chi connectivity index (χ1n) is 6.64. The van der Waals surface area contributed by atoms with E-state index in [1.165, 1.54) is 19.3 Å². The fourth-order valence-corrected chi connectivity index (χ4v) is 4.55. The number of hydrogen-bond acceptors (Lipinski definition) is 6. The summed E-state index contributed by atoms with van der Waals surface area (Å²) in [4.78, 5) is 15.6. The van der Waals surface area contributed by atoms with Gasteiger partial charge in [-0.2, -0.15) is 9.97 Å². The van der Waals surface area contributed by atoms with E-state index >= 15 is 0 Å². The van der Waals surface area contributed by atoms with E-state index in [9.17, 15) is 0 Å². The second-order valence-electron chi connectivity index (χ2n) is 5.44. The van der Waals surface area contributed by atoms with Gasteiger partial charge in [0, 0.05) is 5.75 Å². The maximum Gasteiger partial charge on any atom is 0.224 e. The number of thioether (sulfide) groups is 1. The Hall–Kier alpha value is -1.50. The quantitative estimate of drug-likeness (QED) is 0.736.